The van der Waals surface area contributed by atoms with Gasteiger partial charge in [0, 0.05) is 24.2 Å². The van der Waals surface area contributed by atoms with Gasteiger partial charge in [0.1, 0.15) is 0 Å². The van der Waals surface area contributed by atoms with Gasteiger partial charge in [-0.05, 0) is 182 Å². The Morgan fingerprint density at radius 3 is 1.07 bits per heavy atom. The summed E-state index contributed by atoms with van der Waals surface area (Å²) in [5.41, 5.74) is 0.587. The van der Waals surface area contributed by atoms with Crippen molar-refractivity contribution in [2.45, 2.75) is 192 Å². The lowest BCUT2D eigenvalue weighted by atomic mass is 9.61. The Labute approximate surface area is 268 Å². The van der Waals surface area contributed by atoms with Crippen molar-refractivity contribution in [3.05, 3.63) is 0 Å². The molecule has 246 valence electrons. The molecule has 6 atom stereocenters. The molecule has 6 unspecified atom stereocenters. The average Bonchev–Trinajstić information content (AvgIpc) is 3.30. The number of rotatable bonds is 6. The zero-order valence-electron chi connectivity index (χ0n) is 29.3. The summed E-state index contributed by atoms with van der Waals surface area (Å²) in [6.45, 7) is 5.54. The third kappa shape index (κ3) is 6.43. The van der Waals surface area contributed by atoms with Crippen LogP contribution in [0.2, 0.25) is 0 Å². The summed E-state index contributed by atoms with van der Waals surface area (Å²) >= 11 is 0. The van der Waals surface area contributed by atoms with Crippen LogP contribution in [0.15, 0.2) is 0 Å². The Morgan fingerprint density at radius 1 is 0.372 bits per heavy atom. The molecule has 7 aliphatic carbocycles. The van der Waals surface area contributed by atoms with Crippen LogP contribution >= 0.6 is 0 Å². The molecule has 43 heavy (non-hydrogen) atoms. The van der Waals surface area contributed by atoms with Crippen LogP contribution < -0.4 is 0 Å². The van der Waals surface area contributed by atoms with Gasteiger partial charge in [-0.15, -0.1) is 0 Å². The van der Waals surface area contributed by atoms with E-state index in [4.69, 9.17) is 0 Å². The van der Waals surface area contributed by atoms with Crippen LogP contribution in [-0.2, 0) is 0 Å². The van der Waals surface area contributed by atoms with E-state index in [-0.39, 0.29) is 0 Å². The lowest BCUT2D eigenvalue weighted by Gasteiger charge is -2.46. The van der Waals surface area contributed by atoms with Gasteiger partial charge >= 0.3 is 0 Å². The van der Waals surface area contributed by atoms with Crippen molar-refractivity contribution in [1.29, 1.82) is 0 Å². The summed E-state index contributed by atoms with van der Waals surface area (Å²) in [5, 5.41) is 0. The molecule has 2 heteroatoms. The SMILES string of the molecule is CN(C1CCCCC1)C1CCC(C2CCC3C4CCC(C5CCC(N(C)C6CCCCC6)CC5)CC4C(C)(C)C3C2)CC1. The Kier molecular flexibility index (Phi) is 9.95. The van der Waals surface area contributed by atoms with Crippen molar-refractivity contribution in [1.82, 2.24) is 9.80 Å². The molecule has 0 saturated heterocycles. The summed E-state index contributed by atoms with van der Waals surface area (Å²) in [4.78, 5) is 5.71. The molecule has 7 saturated carbocycles. The summed E-state index contributed by atoms with van der Waals surface area (Å²) in [6, 6.07) is 3.58. The van der Waals surface area contributed by atoms with Crippen LogP contribution in [0.1, 0.15) is 168 Å². The molecule has 0 spiro atoms. The minimum atomic E-state index is 0.587. The van der Waals surface area contributed by atoms with Crippen molar-refractivity contribution in [2.75, 3.05) is 14.1 Å². The van der Waals surface area contributed by atoms with Crippen molar-refractivity contribution >= 4 is 0 Å². The molecule has 2 nitrogen and oxygen atoms in total. The fraction of sp³-hybridized carbons (Fsp3) is 1.00. The van der Waals surface area contributed by atoms with Crippen LogP contribution in [0, 0.1) is 52.8 Å². The molecule has 0 N–H and O–H groups in total. The van der Waals surface area contributed by atoms with Crippen LogP contribution in [0.5, 0.6) is 0 Å². The maximum Gasteiger partial charge on any atom is 0.00953 e. The summed E-state index contributed by atoms with van der Waals surface area (Å²) in [7, 11) is 4.98. The van der Waals surface area contributed by atoms with E-state index in [1.807, 2.05) is 0 Å². The third-order valence-corrected chi connectivity index (χ3v) is 16.6. The Bertz CT molecular complexity index is 798. The molecular weight excluding hydrogens is 520 g/mol. The lowest BCUT2D eigenvalue weighted by molar-refractivity contribution is 0.0398. The normalized spacial score (nSPS) is 44.8. The minimum Gasteiger partial charge on any atom is -0.300 e. The maximum atomic E-state index is 2.86. The van der Waals surface area contributed by atoms with Crippen LogP contribution in [0.4, 0.5) is 0 Å². The van der Waals surface area contributed by atoms with E-state index >= 15 is 0 Å². The zero-order chi connectivity index (χ0) is 29.6. The third-order valence-electron chi connectivity index (χ3n) is 16.6. The molecule has 0 aliphatic heterocycles. The highest BCUT2D eigenvalue weighted by atomic mass is 15.2. The van der Waals surface area contributed by atoms with Crippen LogP contribution in [-0.4, -0.2) is 48.1 Å². The van der Waals surface area contributed by atoms with E-state index < -0.39 is 0 Å². The Hall–Kier alpha value is -0.0800. The van der Waals surface area contributed by atoms with E-state index in [1.54, 1.807) is 38.5 Å². The zero-order valence-corrected chi connectivity index (χ0v) is 29.3. The average molecular weight is 593 g/mol. The number of fused-ring (bicyclic) bond motifs is 3. The summed E-state index contributed by atoms with van der Waals surface area (Å²) < 4.78 is 0. The van der Waals surface area contributed by atoms with Crippen LogP contribution in [0.3, 0.4) is 0 Å². The highest BCUT2D eigenvalue weighted by Crippen LogP contribution is 2.66. The predicted molar refractivity (Wildman–Crippen MR) is 183 cm³/mol. The molecule has 7 fully saturated rings. The largest absolute Gasteiger partial charge is 0.300 e. The van der Waals surface area contributed by atoms with Gasteiger partial charge in [0.2, 0.25) is 0 Å². The molecule has 7 rings (SSSR count). The first-order chi connectivity index (χ1) is 20.9. The first-order valence-corrected chi connectivity index (χ1v) is 20.3. The second-order valence-corrected chi connectivity index (χ2v) is 18.6. The van der Waals surface area contributed by atoms with Gasteiger partial charge in [-0.1, -0.05) is 52.4 Å². The lowest BCUT2D eigenvalue weighted by Crippen LogP contribution is -2.44. The summed E-state index contributed by atoms with van der Waals surface area (Å²) in [6.07, 6.45) is 36.5. The van der Waals surface area contributed by atoms with E-state index in [1.165, 1.54) is 116 Å². The van der Waals surface area contributed by atoms with Gasteiger partial charge < -0.3 is 9.80 Å². The molecule has 0 aromatic heterocycles. The quantitative estimate of drug-likeness (QED) is 0.303. The standard InChI is InChI=1S/C41H72N2/c1-41(2)39-27-31(29-15-21-35(22-16-29)42(3)33-11-7-5-8-12-33)19-25-37(39)38-26-20-32(28-40(38)41)30-17-23-36(24-18-30)43(4)34-13-9-6-10-14-34/h29-40H,5-28H2,1-4H3. The fourth-order valence-corrected chi connectivity index (χ4v) is 13.9. The molecular formula is C41H72N2. The molecule has 0 bridgehead atoms. The number of hydrogen-bond acceptors (Lipinski definition) is 2. The van der Waals surface area contributed by atoms with E-state index in [9.17, 15) is 0 Å². The highest BCUT2D eigenvalue weighted by molar-refractivity contribution is 5.07. The second kappa shape index (κ2) is 13.6. The minimum absolute atomic E-state index is 0.587. The van der Waals surface area contributed by atoms with Crippen molar-refractivity contribution in [3.63, 3.8) is 0 Å². The maximum absolute atomic E-state index is 2.86. The van der Waals surface area contributed by atoms with E-state index in [0.29, 0.717) is 5.41 Å². The predicted octanol–water partition coefficient (Wildman–Crippen LogP) is 10.7. The van der Waals surface area contributed by atoms with Crippen molar-refractivity contribution in [3.8, 4) is 0 Å². The summed E-state index contributed by atoms with van der Waals surface area (Å²) in [5.74, 6) is 8.40. The van der Waals surface area contributed by atoms with Crippen molar-refractivity contribution < 1.29 is 0 Å². The van der Waals surface area contributed by atoms with Gasteiger partial charge in [0.15, 0.2) is 0 Å². The molecule has 0 aromatic rings. The van der Waals surface area contributed by atoms with Gasteiger partial charge in [0.05, 0.1) is 0 Å². The topological polar surface area (TPSA) is 6.48 Å². The van der Waals surface area contributed by atoms with Gasteiger partial charge in [-0.25, -0.2) is 0 Å². The van der Waals surface area contributed by atoms with Crippen molar-refractivity contribution in [2.24, 2.45) is 52.8 Å². The molecule has 0 radical (unpaired) electrons. The first kappa shape index (κ1) is 31.5. The monoisotopic (exact) mass is 593 g/mol. The smallest absolute Gasteiger partial charge is 0.00953 e. The molecule has 7 aliphatic rings. The van der Waals surface area contributed by atoms with Crippen LogP contribution in [0.25, 0.3) is 0 Å². The molecule has 0 aromatic carbocycles. The number of hydrogen-bond donors (Lipinski definition) is 0. The van der Waals surface area contributed by atoms with E-state index in [2.05, 4.69) is 37.7 Å². The van der Waals surface area contributed by atoms with Gasteiger partial charge in [0.25, 0.3) is 0 Å². The molecule has 0 heterocycles. The second-order valence-electron chi connectivity index (χ2n) is 18.6. The number of nitrogens with zero attached hydrogens (tertiary/aromatic N) is 2. The van der Waals surface area contributed by atoms with Gasteiger partial charge in [-0.3, -0.25) is 0 Å². The van der Waals surface area contributed by atoms with Gasteiger partial charge in [-0.2, -0.15) is 0 Å². The Balaban J connectivity index is 0.907. The van der Waals surface area contributed by atoms with E-state index in [0.717, 1.165) is 71.5 Å². The molecule has 0 amide bonds. The first-order valence-electron chi connectivity index (χ1n) is 20.3. The highest BCUT2D eigenvalue weighted by Gasteiger charge is 2.58. The Morgan fingerprint density at radius 2 is 0.698 bits per heavy atom. The fourth-order valence-electron chi connectivity index (χ4n) is 13.9.